The molecule has 0 atom stereocenters. The molecule has 0 spiro atoms. The van der Waals surface area contributed by atoms with Crippen LogP contribution in [0.1, 0.15) is 22.4 Å². The van der Waals surface area contributed by atoms with Gasteiger partial charge in [-0.2, -0.15) is 23.3 Å². The van der Waals surface area contributed by atoms with Gasteiger partial charge in [-0.05, 0) is 37.6 Å². The lowest BCUT2D eigenvalue weighted by Gasteiger charge is -2.12. The highest BCUT2D eigenvalue weighted by molar-refractivity contribution is 5.85. The van der Waals surface area contributed by atoms with Crippen molar-refractivity contribution >= 4 is 16.9 Å². The molecule has 10 heteroatoms. The summed E-state index contributed by atoms with van der Waals surface area (Å²) < 4.78 is 61.6. The third-order valence-electron chi connectivity index (χ3n) is 5.11. The van der Waals surface area contributed by atoms with Gasteiger partial charge in [0.25, 0.3) is 5.91 Å². The molecule has 0 aliphatic heterocycles. The van der Waals surface area contributed by atoms with Gasteiger partial charge in [0.2, 0.25) is 5.88 Å². The smallest absolute Gasteiger partial charge is 0.417 e. The summed E-state index contributed by atoms with van der Waals surface area (Å²) in [5, 5.41) is 6.55. The van der Waals surface area contributed by atoms with Crippen molar-refractivity contribution in [2.24, 2.45) is 0 Å². The number of alkyl halides is 3. The van der Waals surface area contributed by atoms with Crippen LogP contribution < -0.4 is 10.1 Å². The maximum atomic E-state index is 13.8. The predicted molar refractivity (Wildman–Crippen MR) is 117 cm³/mol. The van der Waals surface area contributed by atoms with Gasteiger partial charge < -0.3 is 10.1 Å². The molecule has 1 N–H and O–H groups in total. The monoisotopic (exact) mass is 472 g/mol. The van der Waals surface area contributed by atoms with Gasteiger partial charge in [0, 0.05) is 12.6 Å². The van der Waals surface area contributed by atoms with E-state index in [0.29, 0.717) is 0 Å². The van der Waals surface area contributed by atoms with Crippen LogP contribution in [-0.4, -0.2) is 27.3 Å². The molecular formula is C24H20F4N4O2. The van der Waals surface area contributed by atoms with E-state index >= 15 is 0 Å². The van der Waals surface area contributed by atoms with E-state index in [1.807, 2.05) is 31.2 Å². The van der Waals surface area contributed by atoms with Crippen molar-refractivity contribution in [2.75, 3.05) is 6.61 Å². The number of hydrogen-bond acceptors (Lipinski definition) is 4. The minimum absolute atomic E-state index is 0.0708. The van der Waals surface area contributed by atoms with E-state index < -0.39 is 36.0 Å². The number of benzene rings is 2. The molecule has 2 aromatic heterocycles. The van der Waals surface area contributed by atoms with E-state index in [2.05, 4.69) is 15.4 Å². The number of ether oxygens (including phenoxy) is 1. The van der Waals surface area contributed by atoms with Crippen molar-refractivity contribution in [2.45, 2.75) is 26.6 Å². The SMILES string of the molecule is Cc1ccc(CNC(=O)COc2cc(C(F)(F)F)c3c(C)nn(-c4cccc(F)c4)c3n2)cc1. The molecule has 1 amide bonds. The molecule has 176 valence electrons. The van der Waals surface area contributed by atoms with Crippen molar-refractivity contribution in [1.82, 2.24) is 20.1 Å². The standard InChI is InChI=1S/C24H20F4N4O2/c1-14-6-8-16(9-7-14)12-29-20(33)13-34-21-11-19(24(26,27)28)22-15(2)31-32(23(22)30-21)18-5-3-4-17(25)10-18/h3-11H,12-13H2,1-2H3,(H,29,33). The van der Waals surface area contributed by atoms with Gasteiger partial charge >= 0.3 is 6.18 Å². The Bertz CT molecular complexity index is 1350. The maximum absolute atomic E-state index is 13.8. The third kappa shape index (κ3) is 5.00. The molecule has 0 aliphatic carbocycles. The van der Waals surface area contributed by atoms with E-state index in [-0.39, 0.29) is 29.0 Å². The molecule has 2 heterocycles. The molecule has 0 saturated carbocycles. The average molecular weight is 472 g/mol. The minimum Gasteiger partial charge on any atom is -0.467 e. The lowest BCUT2D eigenvalue weighted by molar-refractivity contribution is -0.136. The first kappa shape index (κ1) is 23.2. The van der Waals surface area contributed by atoms with Crippen molar-refractivity contribution < 1.29 is 27.1 Å². The van der Waals surface area contributed by atoms with Crippen molar-refractivity contribution in [1.29, 1.82) is 0 Å². The first-order chi connectivity index (χ1) is 16.1. The number of fused-ring (bicyclic) bond motifs is 1. The van der Waals surface area contributed by atoms with E-state index in [1.165, 1.54) is 25.1 Å². The fourth-order valence-electron chi connectivity index (χ4n) is 3.45. The largest absolute Gasteiger partial charge is 0.467 e. The fraction of sp³-hybridized carbons (Fsp3) is 0.208. The van der Waals surface area contributed by atoms with Crippen molar-refractivity contribution in [3.8, 4) is 11.6 Å². The molecule has 4 aromatic rings. The van der Waals surface area contributed by atoms with E-state index in [1.54, 1.807) is 0 Å². The minimum atomic E-state index is -4.73. The van der Waals surface area contributed by atoms with Crippen LogP contribution in [0.25, 0.3) is 16.7 Å². The average Bonchev–Trinajstić information content (AvgIpc) is 3.12. The molecular weight excluding hydrogens is 452 g/mol. The third-order valence-corrected chi connectivity index (χ3v) is 5.11. The number of aryl methyl sites for hydroxylation is 2. The summed E-state index contributed by atoms with van der Waals surface area (Å²) in [7, 11) is 0. The number of amides is 1. The quantitative estimate of drug-likeness (QED) is 0.406. The molecule has 0 radical (unpaired) electrons. The Morgan fingerprint density at radius 2 is 1.82 bits per heavy atom. The van der Waals surface area contributed by atoms with Crippen LogP contribution in [-0.2, 0) is 17.5 Å². The number of carbonyl (C=O) groups is 1. The number of aromatic nitrogens is 3. The Kier molecular flexibility index (Phi) is 6.23. The summed E-state index contributed by atoms with van der Waals surface area (Å²) >= 11 is 0. The fourth-order valence-corrected chi connectivity index (χ4v) is 3.45. The van der Waals surface area contributed by atoms with Crippen LogP contribution in [0.15, 0.2) is 54.6 Å². The summed E-state index contributed by atoms with van der Waals surface area (Å²) in [6.07, 6.45) is -4.73. The summed E-state index contributed by atoms with van der Waals surface area (Å²) in [6, 6.07) is 13.5. The van der Waals surface area contributed by atoms with Crippen molar-refractivity contribution in [3.05, 3.63) is 82.8 Å². The molecule has 4 rings (SSSR count). The Hall–Kier alpha value is -3.95. The first-order valence-electron chi connectivity index (χ1n) is 10.3. The van der Waals surface area contributed by atoms with Gasteiger partial charge in [-0.1, -0.05) is 35.9 Å². The molecule has 2 aromatic carbocycles. The number of halogens is 4. The number of hydrogen-bond donors (Lipinski definition) is 1. The Morgan fingerprint density at radius 1 is 1.09 bits per heavy atom. The van der Waals surface area contributed by atoms with Crippen molar-refractivity contribution in [3.63, 3.8) is 0 Å². The number of pyridine rings is 1. The molecule has 6 nitrogen and oxygen atoms in total. The highest BCUT2D eigenvalue weighted by Crippen LogP contribution is 2.38. The van der Waals surface area contributed by atoms with Crippen LogP contribution in [0.4, 0.5) is 17.6 Å². The Labute approximate surface area is 192 Å². The van der Waals surface area contributed by atoms with Crippen LogP contribution in [0, 0.1) is 19.7 Å². The van der Waals surface area contributed by atoms with E-state index in [4.69, 9.17) is 4.74 Å². The maximum Gasteiger partial charge on any atom is 0.417 e. The lowest BCUT2D eigenvalue weighted by atomic mass is 10.1. The zero-order valence-electron chi connectivity index (χ0n) is 18.3. The summed E-state index contributed by atoms with van der Waals surface area (Å²) in [6.45, 7) is 3.06. The molecule has 34 heavy (non-hydrogen) atoms. The highest BCUT2D eigenvalue weighted by Gasteiger charge is 2.36. The molecule has 0 bridgehead atoms. The first-order valence-corrected chi connectivity index (χ1v) is 10.3. The Balaban J connectivity index is 1.61. The zero-order valence-corrected chi connectivity index (χ0v) is 18.3. The summed E-state index contributed by atoms with van der Waals surface area (Å²) in [5.41, 5.74) is 1.05. The number of nitrogens with zero attached hydrogens (tertiary/aromatic N) is 3. The van der Waals surface area contributed by atoms with Gasteiger partial charge in [-0.15, -0.1) is 0 Å². The van der Waals surface area contributed by atoms with Crippen LogP contribution >= 0.6 is 0 Å². The van der Waals surface area contributed by atoms with Crippen LogP contribution in [0.3, 0.4) is 0 Å². The van der Waals surface area contributed by atoms with Gasteiger partial charge in [-0.25, -0.2) is 9.07 Å². The molecule has 0 saturated heterocycles. The molecule has 0 unspecified atom stereocenters. The normalized spacial score (nSPS) is 11.6. The predicted octanol–water partition coefficient (Wildman–Crippen LogP) is 4.89. The zero-order chi connectivity index (χ0) is 24.5. The Morgan fingerprint density at radius 3 is 2.50 bits per heavy atom. The van der Waals surface area contributed by atoms with Crippen LogP contribution in [0.2, 0.25) is 0 Å². The summed E-state index contributed by atoms with van der Waals surface area (Å²) in [5.74, 6) is -1.50. The second-order valence-corrected chi connectivity index (χ2v) is 7.73. The second kappa shape index (κ2) is 9.12. The molecule has 0 aliphatic rings. The number of rotatable bonds is 6. The van der Waals surface area contributed by atoms with E-state index in [0.717, 1.165) is 27.9 Å². The number of carbonyl (C=O) groups excluding carboxylic acids is 1. The molecule has 0 fully saturated rings. The van der Waals surface area contributed by atoms with Gasteiger partial charge in [0.15, 0.2) is 12.3 Å². The van der Waals surface area contributed by atoms with Gasteiger partial charge in [0.1, 0.15) is 5.82 Å². The summed E-state index contributed by atoms with van der Waals surface area (Å²) in [4.78, 5) is 16.3. The van der Waals surface area contributed by atoms with Gasteiger partial charge in [-0.3, -0.25) is 4.79 Å². The lowest BCUT2D eigenvalue weighted by Crippen LogP contribution is -2.28. The van der Waals surface area contributed by atoms with Crippen LogP contribution in [0.5, 0.6) is 5.88 Å². The second-order valence-electron chi connectivity index (χ2n) is 7.73. The topological polar surface area (TPSA) is 69.0 Å². The van der Waals surface area contributed by atoms with Gasteiger partial charge in [0.05, 0.1) is 22.3 Å². The number of nitrogens with one attached hydrogen (secondary N) is 1. The van der Waals surface area contributed by atoms with E-state index in [9.17, 15) is 22.4 Å². The highest BCUT2D eigenvalue weighted by atomic mass is 19.4.